The van der Waals surface area contributed by atoms with E-state index in [9.17, 15) is 14.9 Å². The molecular formula is C16H21N3O4. The molecule has 124 valence electrons. The van der Waals surface area contributed by atoms with Gasteiger partial charge in [-0.3, -0.25) is 14.9 Å². The number of hydrogen-bond acceptors (Lipinski definition) is 5. The van der Waals surface area contributed by atoms with Gasteiger partial charge < -0.3 is 14.5 Å². The topological polar surface area (TPSA) is 75.9 Å². The van der Waals surface area contributed by atoms with Crippen molar-refractivity contribution in [2.24, 2.45) is 0 Å². The number of piperidine rings is 1. The SMILES string of the molecule is O=C(c1cc([N+](=O)[O-])ccc1N1CCCCC1)N1CCOCC1. The summed E-state index contributed by atoms with van der Waals surface area (Å²) in [5, 5.41) is 11.1. The second-order valence-electron chi connectivity index (χ2n) is 5.91. The van der Waals surface area contributed by atoms with Gasteiger partial charge >= 0.3 is 0 Å². The predicted molar refractivity (Wildman–Crippen MR) is 85.9 cm³/mol. The van der Waals surface area contributed by atoms with Gasteiger partial charge in [0.25, 0.3) is 11.6 Å². The van der Waals surface area contributed by atoms with Crippen LogP contribution in [0.4, 0.5) is 11.4 Å². The fourth-order valence-corrected chi connectivity index (χ4v) is 3.16. The van der Waals surface area contributed by atoms with Crippen LogP contribution in [-0.4, -0.2) is 55.1 Å². The average molecular weight is 319 g/mol. The maximum Gasteiger partial charge on any atom is 0.270 e. The van der Waals surface area contributed by atoms with Crippen molar-refractivity contribution in [3.63, 3.8) is 0 Å². The predicted octanol–water partition coefficient (Wildman–Crippen LogP) is 2.06. The zero-order chi connectivity index (χ0) is 16.2. The Morgan fingerprint density at radius 2 is 1.78 bits per heavy atom. The molecule has 0 aromatic heterocycles. The van der Waals surface area contributed by atoms with Gasteiger partial charge in [-0.25, -0.2) is 0 Å². The van der Waals surface area contributed by atoms with Crippen LogP contribution in [0.1, 0.15) is 29.6 Å². The molecule has 0 atom stereocenters. The lowest BCUT2D eigenvalue weighted by Crippen LogP contribution is -2.41. The molecule has 0 unspecified atom stereocenters. The quantitative estimate of drug-likeness (QED) is 0.629. The van der Waals surface area contributed by atoms with Gasteiger partial charge in [0.2, 0.25) is 0 Å². The summed E-state index contributed by atoms with van der Waals surface area (Å²) < 4.78 is 5.28. The Morgan fingerprint density at radius 3 is 2.43 bits per heavy atom. The van der Waals surface area contributed by atoms with Crippen molar-refractivity contribution >= 4 is 17.3 Å². The van der Waals surface area contributed by atoms with Crippen LogP contribution in [0.3, 0.4) is 0 Å². The van der Waals surface area contributed by atoms with Crippen molar-refractivity contribution in [1.82, 2.24) is 4.90 Å². The maximum atomic E-state index is 12.9. The van der Waals surface area contributed by atoms with E-state index < -0.39 is 4.92 Å². The standard InChI is InChI=1S/C16H21N3O4/c20-16(18-8-10-23-11-9-18)14-12-13(19(21)22)4-5-15(14)17-6-2-1-3-7-17/h4-5,12H,1-3,6-11H2. The van der Waals surface area contributed by atoms with Crippen LogP contribution in [0.5, 0.6) is 0 Å². The third kappa shape index (κ3) is 3.44. The lowest BCUT2D eigenvalue weighted by atomic mass is 10.1. The van der Waals surface area contributed by atoms with E-state index in [-0.39, 0.29) is 11.6 Å². The van der Waals surface area contributed by atoms with Crippen LogP contribution >= 0.6 is 0 Å². The molecule has 1 amide bonds. The van der Waals surface area contributed by atoms with E-state index in [0.717, 1.165) is 31.6 Å². The lowest BCUT2D eigenvalue weighted by Gasteiger charge is -2.32. The summed E-state index contributed by atoms with van der Waals surface area (Å²) in [5.74, 6) is -0.141. The average Bonchev–Trinajstić information content (AvgIpc) is 2.62. The number of amides is 1. The molecule has 2 heterocycles. The summed E-state index contributed by atoms with van der Waals surface area (Å²) in [4.78, 5) is 27.4. The van der Waals surface area contributed by atoms with Gasteiger partial charge in [0.05, 0.1) is 29.4 Å². The number of hydrogen-bond donors (Lipinski definition) is 0. The van der Waals surface area contributed by atoms with E-state index in [0.29, 0.717) is 31.9 Å². The highest BCUT2D eigenvalue weighted by Crippen LogP contribution is 2.29. The number of nitro groups is 1. The van der Waals surface area contributed by atoms with Crippen LogP contribution < -0.4 is 4.90 Å². The van der Waals surface area contributed by atoms with Gasteiger partial charge in [-0.2, -0.15) is 0 Å². The van der Waals surface area contributed by atoms with E-state index in [1.165, 1.54) is 18.6 Å². The first kappa shape index (κ1) is 15.7. The number of anilines is 1. The smallest absolute Gasteiger partial charge is 0.270 e. The summed E-state index contributed by atoms with van der Waals surface area (Å²) >= 11 is 0. The molecule has 0 saturated carbocycles. The van der Waals surface area contributed by atoms with E-state index in [4.69, 9.17) is 4.74 Å². The monoisotopic (exact) mass is 319 g/mol. The molecule has 2 saturated heterocycles. The number of nitrogens with zero attached hydrogens (tertiary/aromatic N) is 3. The summed E-state index contributed by atoms with van der Waals surface area (Å²) in [6.07, 6.45) is 3.36. The number of benzene rings is 1. The highest BCUT2D eigenvalue weighted by atomic mass is 16.6. The van der Waals surface area contributed by atoms with Crippen LogP contribution in [0.2, 0.25) is 0 Å². The molecule has 0 N–H and O–H groups in total. The van der Waals surface area contributed by atoms with E-state index >= 15 is 0 Å². The van der Waals surface area contributed by atoms with Crippen molar-refractivity contribution in [2.45, 2.75) is 19.3 Å². The Hall–Kier alpha value is -2.15. The molecule has 0 bridgehead atoms. The van der Waals surface area contributed by atoms with Crippen LogP contribution in [0.15, 0.2) is 18.2 Å². The van der Waals surface area contributed by atoms with Crippen LogP contribution in [0.25, 0.3) is 0 Å². The fourth-order valence-electron chi connectivity index (χ4n) is 3.16. The first-order valence-corrected chi connectivity index (χ1v) is 8.07. The molecule has 7 heteroatoms. The maximum absolute atomic E-state index is 12.9. The Morgan fingerprint density at radius 1 is 1.09 bits per heavy atom. The molecule has 0 radical (unpaired) electrons. The van der Waals surface area contributed by atoms with Gasteiger partial charge in [0.15, 0.2) is 0 Å². The Labute approximate surface area is 135 Å². The van der Waals surface area contributed by atoms with E-state index in [1.54, 1.807) is 11.0 Å². The van der Waals surface area contributed by atoms with Gasteiger partial charge in [0.1, 0.15) is 0 Å². The lowest BCUT2D eigenvalue weighted by molar-refractivity contribution is -0.384. The Kier molecular flexibility index (Phi) is 4.76. The first-order chi connectivity index (χ1) is 11.2. The second-order valence-corrected chi connectivity index (χ2v) is 5.91. The molecule has 0 spiro atoms. The van der Waals surface area contributed by atoms with Gasteiger partial charge in [-0.15, -0.1) is 0 Å². The number of non-ortho nitro benzene ring substituents is 1. The highest BCUT2D eigenvalue weighted by molar-refractivity contribution is 6.00. The molecule has 2 aliphatic rings. The first-order valence-electron chi connectivity index (χ1n) is 8.07. The highest BCUT2D eigenvalue weighted by Gasteiger charge is 2.26. The summed E-state index contributed by atoms with van der Waals surface area (Å²) in [5.41, 5.74) is 1.21. The molecule has 2 aliphatic heterocycles. The minimum Gasteiger partial charge on any atom is -0.378 e. The molecule has 7 nitrogen and oxygen atoms in total. The number of nitro benzene ring substituents is 1. The summed E-state index contributed by atoms with van der Waals surface area (Å²) in [7, 11) is 0. The largest absolute Gasteiger partial charge is 0.378 e. The van der Waals surface area contributed by atoms with Crippen molar-refractivity contribution in [1.29, 1.82) is 0 Å². The third-order valence-corrected chi connectivity index (χ3v) is 4.42. The zero-order valence-electron chi connectivity index (χ0n) is 13.1. The molecular weight excluding hydrogens is 298 g/mol. The summed E-state index contributed by atoms with van der Waals surface area (Å²) in [6, 6.07) is 4.62. The van der Waals surface area contributed by atoms with Gasteiger partial charge in [-0.05, 0) is 25.3 Å². The van der Waals surface area contributed by atoms with E-state index in [2.05, 4.69) is 4.90 Å². The zero-order valence-corrected chi connectivity index (χ0v) is 13.1. The van der Waals surface area contributed by atoms with Gasteiger partial charge in [-0.1, -0.05) is 0 Å². The van der Waals surface area contributed by atoms with Crippen molar-refractivity contribution < 1.29 is 14.5 Å². The molecule has 1 aromatic rings. The van der Waals surface area contributed by atoms with Crippen molar-refractivity contribution in [3.8, 4) is 0 Å². The van der Waals surface area contributed by atoms with Crippen molar-refractivity contribution in [2.75, 3.05) is 44.3 Å². The fraction of sp³-hybridized carbons (Fsp3) is 0.562. The number of ether oxygens (including phenoxy) is 1. The summed E-state index contributed by atoms with van der Waals surface area (Å²) in [6.45, 7) is 3.86. The normalized spacial score (nSPS) is 18.8. The van der Waals surface area contributed by atoms with E-state index in [1.807, 2.05) is 0 Å². The molecule has 2 fully saturated rings. The Balaban J connectivity index is 1.94. The Bertz CT molecular complexity index is 593. The molecule has 3 rings (SSSR count). The minimum atomic E-state index is -0.448. The van der Waals surface area contributed by atoms with Gasteiger partial charge in [0, 0.05) is 38.3 Å². The molecule has 1 aromatic carbocycles. The number of morpholine rings is 1. The third-order valence-electron chi connectivity index (χ3n) is 4.42. The van der Waals surface area contributed by atoms with Crippen LogP contribution in [0, 0.1) is 10.1 Å². The van der Waals surface area contributed by atoms with Crippen LogP contribution in [-0.2, 0) is 4.74 Å². The minimum absolute atomic E-state index is 0.0395. The molecule has 0 aliphatic carbocycles. The van der Waals surface area contributed by atoms with Crippen molar-refractivity contribution in [3.05, 3.63) is 33.9 Å². The molecule has 23 heavy (non-hydrogen) atoms. The number of rotatable bonds is 3. The number of carbonyl (C=O) groups is 1. The second kappa shape index (κ2) is 6.95. The number of carbonyl (C=O) groups excluding carboxylic acids is 1.